The molecule has 0 atom stereocenters. The van der Waals surface area contributed by atoms with E-state index in [1.807, 2.05) is 43.1 Å². The largest absolute Gasteiger partial charge is 0.478 e. The molecule has 0 spiro atoms. The fourth-order valence-corrected chi connectivity index (χ4v) is 2.45. The van der Waals surface area contributed by atoms with Crippen molar-refractivity contribution in [3.8, 4) is 11.1 Å². The van der Waals surface area contributed by atoms with Crippen LogP contribution >= 0.6 is 0 Å². The average molecular weight is 272 g/mol. The summed E-state index contributed by atoms with van der Waals surface area (Å²) >= 11 is 0. The molecule has 0 saturated carbocycles. The van der Waals surface area contributed by atoms with E-state index in [4.69, 9.17) is 0 Å². The zero-order valence-electron chi connectivity index (χ0n) is 12.3. The number of carbonyl (C=O) groups is 1. The molecule has 0 unspecified atom stereocenters. The van der Waals surface area contributed by atoms with E-state index in [9.17, 15) is 9.90 Å². The van der Waals surface area contributed by atoms with E-state index < -0.39 is 5.97 Å². The Kier molecular flexibility index (Phi) is 3.93. The van der Waals surface area contributed by atoms with Crippen molar-refractivity contribution in [2.75, 3.05) is 0 Å². The third-order valence-electron chi connectivity index (χ3n) is 3.27. The van der Waals surface area contributed by atoms with Crippen LogP contribution in [0.15, 0.2) is 24.5 Å². The summed E-state index contributed by atoms with van der Waals surface area (Å²) in [6.45, 7) is 8.84. The van der Waals surface area contributed by atoms with Crippen molar-refractivity contribution in [1.29, 1.82) is 0 Å². The molecule has 0 bridgehead atoms. The normalized spacial score (nSPS) is 11.1. The second kappa shape index (κ2) is 5.49. The van der Waals surface area contributed by atoms with Crippen LogP contribution in [0.3, 0.4) is 0 Å². The summed E-state index contributed by atoms with van der Waals surface area (Å²) in [6, 6.07) is 3.82. The molecule has 4 heteroatoms. The first kappa shape index (κ1) is 14.3. The highest BCUT2D eigenvalue weighted by molar-refractivity contribution is 5.92. The molecule has 0 aliphatic heterocycles. The Bertz CT molecular complexity index is 619. The third-order valence-corrected chi connectivity index (χ3v) is 3.27. The van der Waals surface area contributed by atoms with Gasteiger partial charge < -0.3 is 5.11 Å². The fraction of sp³-hybridized carbons (Fsp3) is 0.375. The Balaban J connectivity index is 2.39. The molecule has 2 rings (SSSR count). The van der Waals surface area contributed by atoms with Gasteiger partial charge in [-0.2, -0.15) is 5.10 Å². The molecule has 1 aromatic heterocycles. The molecule has 0 radical (unpaired) electrons. The zero-order valence-corrected chi connectivity index (χ0v) is 12.3. The van der Waals surface area contributed by atoms with E-state index in [2.05, 4.69) is 18.9 Å². The van der Waals surface area contributed by atoms with Gasteiger partial charge in [0, 0.05) is 18.3 Å². The lowest BCUT2D eigenvalue weighted by molar-refractivity contribution is 0.0695. The number of rotatable bonds is 4. The van der Waals surface area contributed by atoms with Crippen LogP contribution in [0.1, 0.15) is 35.3 Å². The Labute approximate surface area is 119 Å². The summed E-state index contributed by atoms with van der Waals surface area (Å²) in [5.74, 6) is -0.331. The van der Waals surface area contributed by atoms with Gasteiger partial charge in [0.1, 0.15) is 0 Å². The van der Waals surface area contributed by atoms with Crippen molar-refractivity contribution >= 4 is 5.97 Å². The highest BCUT2D eigenvalue weighted by Gasteiger charge is 2.13. The number of hydrogen-bond donors (Lipinski definition) is 1. The van der Waals surface area contributed by atoms with Crippen molar-refractivity contribution in [1.82, 2.24) is 9.78 Å². The first-order chi connectivity index (χ1) is 9.38. The molecule has 4 nitrogen and oxygen atoms in total. The highest BCUT2D eigenvalue weighted by atomic mass is 16.4. The van der Waals surface area contributed by atoms with E-state index in [0.29, 0.717) is 11.5 Å². The Hall–Kier alpha value is -2.10. The molecule has 2 aromatic rings. The van der Waals surface area contributed by atoms with Gasteiger partial charge in [0.2, 0.25) is 0 Å². The summed E-state index contributed by atoms with van der Waals surface area (Å²) in [5, 5.41) is 13.5. The van der Waals surface area contributed by atoms with Gasteiger partial charge in [-0.1, -0.05) is 26.0 Å². The van der Waals surface area contributed by atoms with E-state index in [1.54, 1.807) is 0 Å². The van der Waals surface area contributed by atoms with Crippen molar-refractivity contribution in [2.45, 2.75) is 34.2 Å². The standard InChI is InChI=1S/C16H20N2O2/c1-10(2)8-18-9-14(7-17-18)13-5-11(3)15(16(19)20)12(4)6-13/h5-7,9-10H,8H2,1-4H3,(H,19,20). The minimum absolute atomic E-state index is 0.392. The molecular formula is C16H20N2O2. The number of carboxylic acid groups (broad SMARTS) is 1. The lowest BCUT2D eigenvalue weighted by atomic mass is 9.97. The molecule has 0 fully saturated rings. The average Bonchev–Trinajstić information content (AvgIpc) is 2.74. The quantitative estimate of drug-likeness (QED) is 0.926. The van der Waals surface area contributed by atoms with Crippen LogP contribution in [0.2, 0.25) is 0 Å². The van der Waals surface area contributed by atoms with Gasteiger partial charge in [0.15, 0.2) is 0 Å². The van der Waals surface area contributed by atoms with Crippen LogP contribution in [-0.2, 0) is 6.54 Å². The van der Waals surface area contributed by atoms with Gasteiger partial charge >= 0.3 is 5.97 Å². The molecule has 1 aromatic carbocycles. The van der Waals surface area contributed by atoms with Crippen LogP contribution in [0.4, 0.5) is 0 Å². The second-order valence-electron chi connectivity index (χ2n) is 5.64. The minimum Gasteiger partial charge on any atom is -0.478 e. The van der Waals surface area contributed by atoms with Gasteiger partial charge in [0.25, 0.3) is 0 Å². The molecule has 106 valence electrons. The Morgan fingerprint density at radius 2 is 1.85 bits per heavy atom. The molecule has 0 aliphatic rings. The number of nitrogens with zero attached hydrogens (tertiary/aromatic N) is 2. The van der Waals surface area contributed by atoms with E-state index >= 15 is 0 Å². The number of aryl methyl sites for hydroxylation is 2. The first-order valence-corrected chi connectivity index (χ1v) is 6.76. The zero-order chi connectivity index (χ0) is 14.9. The van der Waals surface area contributed by atoms with Crippen LogP contribution in [-0.4, -0.2) is 20.9 Å². The van der Waals surface area contributed by atoms with Crippen LogP contribution in [0.25, 0.3) is 11.1 Å². The van der Waals surface area contributed by atoms with Crippen molar-refractivity contribution in [3.63, 3.8) is 0 Å². The van der Waals surface area contributed by atoms with Crippen molar-refractivity contribution < 1.29 is 9.90 Å². The molecular weight excluding hydrogens is 252 g/mol. The number of aromatic nitrogens is 2. The van der Waals surface area contributed by atoms with E-state index in [-0.39, 0.29) is 0 Å². The lowest BCUT2D eigenvalue weighted by Gasteiger charge is -2.08. The van der Waals surface area contributed by atoms with Crippen molar-refractivity contribution in [3.05, 3.63) is 41.2 Å². The maximum Gasteiger partial charge on any atom is 0.336 e. The predicted octanol–water partition coefficient (Wildman–Crippen LogP) is 3.52. The van der Waals surface area contributed by atoms with Crippen LogP contribution in [0.5, 0.6) is 0 Å². The first-order valence-electron chi connectivity index (χ1n) is 6.76. The lowest BCUT2D eigenvalue weighted by Crippen LogP contribution is -2.04. The summed E-state index contributed by atoms with van der Waals surface area (Å²) in [5.41, 5.74) is 3.99. The Morgan fingerprint density at radius 1 is 1.25 bits per heavy atom. The van der Waals surface area contributed by atoms with E-state index in [1.165, 1.54) is 0 Å². The van der Waals surface area contributed by atoms with Gasteiger partial charge in [-0.15, -0.1) is 0 Å². The smallest absolute Gasteiger partial charge is 0.336 e. The predicted molar refractivity (Wildman–Crippen MR) is 78.9 cm³/mol. The van der Waals surface area contributed by atoms with Crippen molar-refractivity contribution in [2.24, 2.45) is 5.92 Å². The fourth-order valence-electron chi connectivity index (χ4n) is 2.45. The monoisotopic (exact) mass is 272 g/mol. The van der Waals surface area contributed by atoms with Crippen LogP contribution < -0.4 is 0 Å². The maximum absolute atomic E-state index is 11.2. The molecule has 0 aliphatic carbocycles. The number of hydrogen-bond acceptors (Lipinski definition) is 2. The van der Waals surface area contributed by atoms with Gasteiger partial charge in [-0.3, -0.25) is 4.68 Å². The summed E-state index contributed by atoms with van der Waals surface area (Å²) in [6.07, 6.45) is 3.84. The summed E-state index contributed by atoms with van der Waals surface area (Å²) in [7, 11) is 0. The van der Waals surface area contributed by atoms with Crippen LogP contribution in [0, 0.1) is 19.8 Å². The topological polar surface area (TPSA) is 55.1 Å². The summed E-state index contributed by atoms with van der Waals surface area (Å²) < 4.78 is 1.93. The van der Waals surface area contributed by atoms with E-state index in [0.717, 1.165) is 28.8 Å². The van der Waals surface area contributed by atoms with Gasteiger partial charge in [-0.25, -0.2) is 4.79 Å². The molecule has 1 heterocycles. The molecule has 1 N–H and O–H groups in total. The maximum atomic E-state index is 11.2. The number of carboxylic acids is 1. The highest BCUT2D eigenvalue weighted by Crippen LogP contribution is 2.25. The number of benzene rings is 1. The van der Waals surface area contributed by atoms with Gasteiger partial charge in [-0.05, 0) is 36.5 Å². The molecule has 0 amide bonds. The third kappa shape index (κ3) is 2.90. The molecule has 0 saturated heterocycles. The molecule has 20 heavy (non-hydrogen) atoms. The Morgan fingerprint density at radius 3 is 2.35 bits per heavy atom. The minimum atomic E-state index is -0.873. The SMILES string of the molecule is Cc1cc(-c2cnn(CC(C)C)c2)cc(C)c1C(=O)O. The second-order valence-corrected chi connectivity index (χ2v) is 5.64. The van der Waals surface area contributed by atoms with Gasteiger partial charge in [0.05, 0.1) is 11.8 Å². The summed E-state index contributed by atoms with van der Waals surface area (Å²) in [4.78, 5) is 11.2. The number of aromatic carboxylic acids is 1.